The molecule has 136 valence electrons. The van der Waals surface area contributed by atoms with Gasteiger partial charge >= 0.3 is 11.9 Å². The van der Waals surface area contributed by atoms with E-state index in [1.54, 1.807) is 18.7 Å². The maximum atomic E-state index is 12.5. The van der Waals surface area contributed by atoms with Crippen LogP contribution in [0.1, 0.15) is 45.4 Å². The van der Waals surface area contributed by atoms with Crippen molar-refractivity contribution in [2.24, 2.45) is 0 Å². The van der Waals surface area contributed by atoms with Crippen molar-refractivity contribution in [3.8, 4) is 0 Å². The van der Waals surface area contributed by atoms with E-state index in [9.17, 15) is 24.6 Å². The molecule has 1 amide bonds. The van der Waals surface area contributed by atoms with Gasteiger partial charge in [0.25, 0.3) is 0 Å². The molecule has 1 saturated heterocycles. The standard InChI is InChI=1S/C16H26N2O5S/c1-10(14(19)18-8-4-7-13(18)16(22)23)17-12(15(20)21)9-24-11-5-2-3-6-11/h10-13,17H,2-9H2,1H3,(H,20,21)(H,22,23)/t10?,12-,13-/m0/s1. The van der Waals surface area contributed by atoms with E-state index in [2.05, 4.69) is 5.32 Å². The van der Waals surface area contributed by atoms with Crippen molar-refractivity contribution in [1.29, 1.82) is 0 Å². The van der Waals surface area contributed by atoms with Crippen LogP contribution in [0.25, 0.3) is 0 Å². The zero-order chi connectivity index (χ0) is 17.7. The number of rotatable bonds is 8. The number of carboxylic acid groups (broad SMARTS) is 2. The van der Waals surface area contributed by atoms with Gasteiger partial charge in [-0.2, -0.15) is 11.8 Å². The number of nitrogens with zero attached hydrogens (tertiary/aromatic N) is 1. The van der Waals surface area contributed by atoms with Crippen LogP contribution in [-0.2, 0) is 14.4 Å². The van der Waals surface area contributed by atoms with E-state index in [1.807, 2.05) is 0 Å². The Kier molecular flexibility index (Phi) is 6.91. The van der Waals surface area contributed by atoms with Crippen LogP contribution in [0.2, 0.25) is 0 Å². The summed E-state index contributed by atoms with van der Waals surface area (Å²) in [6.07, 6.45) is 5.76. The van der Waals surface area contributed by atoms with Gasteiger partial charge in [-0.1, -0.05) is 12.8 Å². The second-order valence-corrected chi connectivity index (χ2v) is 7.88. The lowest BCUT2D eigenvalue weighted by Gasteiger charge is -2.27. The summed E-state index contributed by atoms with van der Waals surface area (Å²) in [5.41, 5.74) is 0. The highest BCUT2D eigenvalue weighted by atomic mass is 32.2. The molecule has 0 radical (unpaired) electrons. The number of carboxylic acids is 2. The summed E-state index contributed by atoms with van der Waals surface area (Å²) < 4.78 is 0. The number of carbonyl (C=O) groups is 3. The summed E-state index contributed by atoms with van der Waals surface area (Å²) in [6.45, 7) is 2.02. The first-order chi connectivity index (χ1) is 11.4. The molecule has 1 heterocycles. The van der Waals surface area contributed by atoms with E-state index in [4.69, 9.17) is 0 Å². The first-order valence-electron chi connectivity index (χ1n) is 8.54. The van der Waals surface area contributed by atoms with Crippen LogP contribution in [0.3, 0.4) is 0 Å². The molecule has 0 aromatic carbocycles. The summed E-state index contributed by atoms with van der Waals surface area (Å²) in [7, 11) is 0. The minimum Gasteiger partial charge on any atom is -0.480 e. The van der Waals surface area contributed by atoms with Gasteiger partial charge in [0, 0.05) is 17.5 Å². The number of hydrogen-bond acceptors (Lipinski definition) is 5. The summed E-state index contributed by atoms with van der Waals surface area (Å²) in [6, 6.07) is -2.31. The van der Waals surface area contributed by atoms with E-state index in [0.717, 1.165) is 12.8 Å². The number of carbonyl (C=O) groups excluding carboxylic acids is 1. The molecule has 3 atom stereocenters. The molecule has 0 spiro atoms. The monoisotopic (exact) mass is 358 g/mol. The molecule has 24 heavy (non-hydrogen) atoms. The van der Waals surface area contributed by atoms with Crippen molar-refractivity contribution >= 4 is 29.6 Å². The SMILES string of the molecule is CC(N[C@@H](CSC1CCCC1)C(=O)O)C(=O)N1CCC[C@H]1C(=O)O. The Bertz CT molecular complexity index is 481. The smallest absolute Gasteiger partial charge is 0.326 e. The summed E-state index contributed by atoms with van der Waals surface area (Å²) in [5.74, 6) is -1.90. The number of likely N-dealkylation sites (tertiary alicyclic amines) is 1. The Morgan fingerprint density at radius 1 is 1.17 bits per heavy atom. The van der Waals surface area contributed by atoms with Gasteiger partial charge in [0.1, 0.15) is 12.1 Å². The Labute approximate surface area is 146 Å². The quantitative estimate of drug-likeness (QED) is 0.598. The first kappa shape index (κ1) is 19.1. The topological polar surface area (TPSA) is 107 Å². The molecular weight excluding hydrogens is 332 g/mol. The minimum atomic E-state index is -1.00. The van der Waals surface area contributed by atoms with Gasteiger partial charge in [0.2, 0.25) is 5.91 Å². The molecule has 2 fully saturated rings. The third-order valence-corrected chi connectivity index (χ3v) is 6.21. The lowest BCUT2D eigenvalue weighted by Crippen LogP contribution is -2.53. The Morgan fingerprint density at radius 3 is 2.42 bits per heavy atom. The summed E-state index contributed by atoms with van der Waals surface area (Å²) >= 11 is 1.65. The molecule has 1 aliphatic heterocycles. The molecular formula is C16H26N2O5S. The highest BCUT2D eigenvalue weighted by molar-refractivity contribution is 8.00. The molecule has 2 rings (SSSR count). The second-order valence-electron chi connectivity index (χ2n) is 6.55. The van der Waals surface area contributed by atoms with Gasteiger partial charge < -0.3 is 15.1 Å². The molecule has 7 nitrogen and oxygen atoms in total. The maximum absolute atomic E-state index is 12.5. The molecule has 1 aliphatic carbocycles. The second kappa shape index (κ2) is 8.71. The fourth-order valence-electron chi connectivity index (χ4n) is 3.39. The molecule has 0 aromatic rings. The van der Waals surface area contributed by atoms with Crippen molar-refractivity contribution in [2.75, 3.05) is 12.3 Å². The number of aliphatic carboxylic acids is 2. The van der Waals surface area contributed by atoms with Crippen molar-refractivity contribution in [3.63, 3.8) is 0 Å². The number of hydrogen-bond donors (Lipinski definition) is 3. The maximum Gasteiger partial charge on any atom is 0.326 e. The fraction of sp³-hybridized carbons (Fsp3) is 0.812. The highest BCUT2D eigenvalue weighted by Crippen LogP contribution is 2.29. The first-order valence-corrected chi connectivity index (χ1v) is 9.58. The van der Waals surface area contributed by atoms with Crippen LogP contribution in [0, 0.1) is 0 Å². The van der Waals surface area contributed by atoms with Gasteiger partial charge in [-0.25, -0.2) is 4.79 Å². The number of nitrogens with one attached hydrogen (secondary N) is 1. The zero-order valence-corrected chi connectivity index (χ0v) is 14.8. The van der Waals surface area contributed by atoms with Crippen LogP contribution in [0.15, 0.2) is 0 Å². The molecule has 1 saturated carbocycles. The van der Waals surface area contributed by atoms with E-state index in [1.165, 1.54) is 17.7 Å². The Balaban J connectivity index is 1.88. The van der Waals surface area contributed by atoms with E-state index in [-0.39, 0.29) is 5.91 Å². The summed E-state index contributed by atoms with van der Waals surface area (Å²) in [5, 5.41) is 21.9. The van der Waals surface area contributed by atoms with Gasteiger partial charge in [0.15, 0.2) is 0 Å². The fourth-order valence-corrected chi connectivity index (χ4v) is 4.76. The average molecular weight is 358 g/mol. The normalized spacial score (nSPS) is 24.0. The lowest BCUT2D eigenvalue weighted by molar-refractivity contribution is -0.149. The molecule has 8 heteroatoms. The van der Waals surface area contributed by atoms with Gasteiger partial charge in [-0.3, -0.25) is 14.9 Å². The molecule has 0 aromatic heterocycles. The Hall–Kier alpha value is -1.28. The van der Waals surface area contributed by atoms with E-state index < -0.39 is 30.1 Å². The van der Waals surface area contributed by atoms with Crippen molar-refractivity contribution in [2.45, 2.75) is 68.8 Å². The van der Waals surface area contributed by atoms with Crippen molar-refractivity contribution in [3.05, 3.63) is 0 Å². The van der Waals surface area contributed by atoms with E-state index >= 15 is 0 Å². The largest absolute Gasteiger partial charge is 0.480 e. The lowest BCUT2D eigenvalue weighted by atomic mass is 10.2. The highest BCUT2D eigenvalue weighted by Gasteiger charge is 2.36. The van der Waals surface area contributed by atoms with Crippen LogP contribution in [0.4, 0.5) is 0 Å². The minimum absolute atomic E-state index is 0.336. The predicted molar refractivity (Wildman–Crippen MR) is 91.1 cm³/mol. The zero-order valence-electron chi connectivity index (χ0n) is 13.9. The van der Waals surface area contributed by atoms with Gasteiger partial charge in [-0.05, 0) is 32.6 Å². The number of thioether (sulfide) groups is 1. The van der Waals surface area contributed by atoms with Gasteiger partial charge in [-0.15, -0.1) is 0 Å². The van der Waals surface area contributed by atoms with Gasteiger partial charge in [0.05, 0.1) is 6.04 Å². The van der Waals surface area contributed by atoms with Crippen LogP contribution >= 0.6 is 11.8 Å². The van der Waals surface area contributed by atoms with Crippen LogP contribution in [-0.4, -0.2) is 68.6 Å². The van der Waals surface area contributed by atoms with Crippen molar-refractivity contribution < 1.29 is 24.6 Å². The molecule has 1 unspecified atom stereocenters. The van der Waals surface area contributed by atoms with Crippen LogP contribution < -0.4 is 5.32 Å². The molecule has 3 N–H and O–H groups in total. The van der Waals surface area contributed by atoms with E-state index in [0.29, 0.717) is 30.4 Å². The average Bonchev–Trinajstić information content (AvgIpc) is 3.20. The molecule has 2 aliphatic rings. The summed E-state index contributed by atoms with van der Waals surface area (Å²) in [4.78, 5) is 36.5. The number of amides is 1. The predicted octanol–water partition coefficient (Wildman–Crippen LogP) is 1.17. The third-order valence-electron chi connectivity index (χ3n) is 4.74. The third kappa shape index (κ3) is 4.86. The van der Waals surface area contributed by atoms with Crippen LogP contribution in [0.5, 0.6) is 0 Å². The molecule has 0 bridgehead atoms. The Morgan fingerprint density at radius 2 is 1.83 bits per heavy atom. The van der Waals surface area contributed by atoms with Crippen molar-refractivity contribution in [1.82, 2.24) is 10.2 Å².